The lowest BCUT2D eigenvalue weighted by molar-refractivity contribution is 0.213. The van der Waals surface area contributed by atoms with Crippen molar-refractivity contribution in [2.24, 2.45) is 0 Å². The Morgan fingerprint density at radius 1 is 1.10 bits per heavy atom. The highest BCUT2D eigenvalue weighted by atomic mass is 19.1. The largest absolute Gasteiger partial charge is 0.418 e. The second kappa shape index (κ2) is 5.54. The van der Waals surface area contributed by atoms with Gasteiger partial charge in [0.1, 0.15) is 5.82 Å². The van der Waals surface area contributed by atoms with E-state index in [1.165, 1.54) is 18.2 Å². The molecule has 0 atom stereocenters. The van der Waals surface area contributed by atoms with Gasteiger partial charge < -0.3 is 4.74 Å². The fraction of sp³-hybridized carbons (Fsp3) is 0. The number of anilines is 1. The van der Waals surface area contributed by atoms with E-state index < -0.39 is 11.9 Å². The number of nitrogens with one attached hydrogen (secondary N) is 1. The molecule has 0 saturated heterocycles. The maximum Gasteiger partial charge on any atom is 0.418 e. The molecule has 0 aliphatic rings. The monoisotopic (exact) mass is 283 g/mol. The number of fused-ring (bicyclic) bond motifs is 1. The number of pyridine rings is 2. The van der Waals surface area contributed by atoms with Gasteiger partial charge in [-0.3, -0.25) is 5.32 Å². The molecule has 2 heterocycles. The number of carbonyl (C=O) groups is 1. The molecule has 3 rings (SSSR count). The molecule has 0 bridgehead atoms. The Hall–Kier alpha value is -3.02. The van der Waals surface area contributed by atoms with Gasteiger partial charge in [0, 0.05) is 17.6 Å². The zero-order valence-electron chi connectivity index (χ0n) is 10.8. The smallest absolute Gasteiger partial charge is 0.391 e. The summed E-state index contributed by atoms with van der Waals surface area (Å²) >= 11 is 0. The molecule has 0 fully saturated rings. The van der Waals surface area contributed by atoms with Crippen molar-refractivity contribution in [3.05, 3.63) is 60.5 Å². The fourth-order valence-corrected chi connectivity index (χ4v) is 1.79. The van der Waals surface area contributed by atoms with Crippen molar-refractivity contribution in [3.8, 4) is 5.88 Å². The number of amides is 1. The molecule has 2 aromatic heterocycles. The molecule has 1 amide bonds. The quantitative estimate of drug-likeness (QED) is 0.783. The SMILES string of the molecule is O=C(Nc1ccccc1F)Oc1ccc2cccnc2n1. The number of aromatic nitrogens is 2. The molecule has 0 aliphatic carbocycles. The van der Waals surface area contributed by atoms with E-state index in [-0.39, 0.29) is 11.6 Å². The number of rotatable bonds is 2. The van der Waals surface area contributed by atoms with Crippen molar-refractivity contribution < 1.29 is 13.9 Å². The van der Waals surface area contributed by atoms with E-state index in [2.05, 4.69) is 15.3 Å². The van der Waals surface area contributed by atoms with Gasteiger partial charge in [-0.15, -0.1) is 0 Å². The average molecular weight is 283 g/mol. The van der Waals surface area contributed by atoms with Crippen LogP contribution in [0.25, 0.3) is 11.0 Å². The molecule has 0 unspecified atom stereocenters. The number of hydrogen-bond acceptors (Lipinski definition) is 4. The fourth-order valence-electron chi connectivity index (χ4n) is 1.79. The second-order valence-electron chi connectivity index (χ2n) is 4.19. The first kappa shape index (κ1) is 13.0. The van der Waals surface area contributed by atoms with Crippen molar-refractivity contribution in [2.45, 2.75) is 0 Å². The Labute approximate surface area is 119 Å². The molecule has 1 aromatic carbocycles. The van der Waals surface area contributed by atoms with Crippen LogP contribution in [0.15, 0.2) is 54.7 Å². The normalized spacial score (nSPS) is 10.3. The van der Waals surface area contributed by atoms with E-state index in [0.717, 1.165) is 5.39 Å². The Morgan fingerprint density at radius 2 is 1.95 bits per heavy atom. The van der Waals surface area contributed by atoms with Gasteiger partial charge >= 0.3 is 6.09 Å². The minimum Gasteiger partial charge on any atom is -0.391 e. The first-order valence-corrected chi connectivity index (χ1v) is 6.17. The number of carbonyl (C=O) groups excluding carboxylic acids is 1. The first-order chi connectivity index (χ1) is 10.2. The molecule has 0 aliphatic heterocycles. The zero-order valence-corrected chi connectivity index (χ0v) is 10.8. The standard InChI is InChI=1S/C15H10FN3O2/c16-11-5-1-2-6-12(11)18-15(20)21-13-8-7-10-4-3-9-17-14(10)19-13/h1-9H,(H,18,20). The van der Waals surface area contributed by atoms with Gasteiger partial charge in [-0.1, -0.05) is 12.1 Å². The molecule has 0 radical (unpaired) electrons. The van der Waals surface area contributed by atoms with Gasteiger partial charge in [0.15, 0.2) is 5.65 Å². The van der Waals surface area contributed by atoms with Crippen LogP contribution in [0.5, 0.6) is 5.88 Å². The van der Waals surface area contributed by atoms with Gasteiger partial charge in [0.2, 0.25) is 5.88 Å². The molecule has 3 aromatic rings. The maximum absolute atomic E-state index is 13.4. The topological polar surface area (TPSA) is 64.1 Å². The zero-order chi connectivity index (χ0) is 14.7. The third-order valence-electron chi connectivity index (χ3n) is 2.75. The number of hydrogen-bond donors (Lipinski definition) is 1. The van der Waals surface area contributed by atoms with Crippen LogP contribution in [-0.2, 0) is 0 Å². The summed E-state index contributed by atoms with van der Waals surface area (Å²) in [7, 11) is 0. The second-order valence-corrected chi connectivity index (χ2v) is 4.19. The lowest BCUT2D eigenvalue weighted by Gasteiger charge is -2.07. The molecule has 0 saturated carbocycles. The third kappa shape index (κ3) is 2.94. The minimum atomic E-state index is -0.817. The van der Waals surface area contributed by atoms with Crippen LogP contribution in [0.3, 0.4) is 0 Å². The summed E-state index contributed by atoms with van der Waals surface area (Å²) in [5.41, 5.74) is 0.509. The minimum absolute atomic E-state index is 0.0430. The average Bonchev–Trinajstić information content (AvgIpc) is 2.49. The predicted octanol–water partition coefficient (Wildman–Crippen LogP) is 3.38. The summed E-state index contributed by atoms with van der Waals surface area (Å²) in [5.74, 6) is -0.447. The molecule has 1 N–H and O–H groups in total. The number of nitrogens with zero attached hydrogens (tertiary/aromatic N) is 2. The van der Waals surface area contributed by atoms with E-state index >= 15 is 0 Å². The third-order valence-corrected chi connectivity index (χ3v) is 2.75. The number of ether oxygens (including phenoxy) is 1. The highest BCUT2D eigenvalue weighted by Gasteiger charge is 2.09. The van der Waals surface area contributed by atoms with Crippen LogP contribution in [0.4, 0.5) is 14.9 Å². The van der Waals surface area contributed by atoms with E-state index in [1.54, 1.807) is 30.5 Å². The van der Waals surface area contributed by atoms with Crippen LogP contribution in [0, 0.1) is 5.82 Å². The molecular weight excluding hydrogens is 273 g/mol. The summed E-state index contributed by atoms with van der Waals surface area (Å²) in [6.45, 7) is 0. The number of halogens is 1. The highest BCUT2D eigenvalue weighted by molar-refractivity contribution is 5.86. The van der Waals surface area contributed by atoms with Crippen molar-refractivity contribution in [1.29, 1.82) is 0 Å². The van der Waals surface area contributed by atoms with Crippen LogP contribution in [0.2, 0.25) is 0 Å². The van der Waals surface area contributed by atoms with Crippen LogP contribution >= 0.6 is 0 Å². The van der Waals surface area contributed by atoms with Gasteiger partial charge in [0.25, 0.3) is 0 Å². The Kier molecular flexibility index (Phi) is 3.42. The van der Waals surface area contributed by atoms with Crippen LogP contribution in [-0.4, -0.2) is 16.1 Å². The van der Waals surface area contributed by atoms with Crippen molar-refractivity contribution in [3.63, 3.8) is 0 Å². The molecule has 6 heteroatoms. The van der Waals surface area contributed by atoms with Gasteiger partial charge in [-0.2, -0.15) is 4.98 Å². The lowest BCUT2D eigenvalue weighted by Crippen LogP contribution is -2.18. The Morgan fingerprint density at radius 3 is 2.81 bits per heavy atom. The van der Waals surface area contributed by atoms with Crippen LogP contribution < -0.4 is 10.1 Å². The first-order valence-electron chi connectivity index (χ1n) is 6.17. The van der Waals surface area contributed by atoms with E-state index in [4.69, 9.17) is 4.74 Å². The predicted molar refractivity (Wildman–Crippen MR) is 75.6 cm³/mol. The van der Waals surface area contributed by atoms with Crippen molar-refractivity contribution in [1.82, 2.24) is 9.97 Å². The molecule has 21 heavy (non-hydrogen) atoms. The Balaban J connectivity index is 1.75. The Bertz CT molecular complexity index is 808. The summed E-state index contributed by atoms with van der Waals surface area (Å²) < 4.78 is 18.4. The van der Waals surface area contributed by atoms with E-state index in [9.17, 15) is 9.18 Å². The number of para-hydroxylation sites is 1. The van der Waals surface area contributed by atoms with Crippen molar-refractivity contribution >= 4 is 22.8 Å². The van der Waals surface area contributed by atoms with Crippen LogP contribution in [0.1, 0.15) is 0 Å². The molecular formula is C15H10FN3O2. The molecule has 0 spiro atoms. The van der Waals surface area contributed by atoms with Gasteiger partial charge in [0.05, 0.1) is 5.69 Å². The van der Waals surface area contributed by atoms with E-state index in [0.29, 0.717) is 5.65 Å². The van der Waals surface area contributed by atoms with Gasteiger partial charge in [-0.25, -0.2) is 14.2 Å². The summed E-state index contributed by atoms with van der Waals surface area (Å²) in [6, 6.07) is 12.7. The highest BCUT2D eigenvalue weighted by Crippen LogP contribution is 2.16. The molecule has 104 valence electrons. The van der Waals surface area contributed by atoms with Gasteiger partial charge in [-0.05, 0) is 30.3 Å². The molecule has 5 nitrogen and oxygen atoms in total. The van der Waals surface area contributed by atoms with E-state index in [1.807, 2.05) is 6.07 Å². The lowest BCUT2D eigenvalue weighted by atomic mass is 10.3. The summed E-state index contributed by atoms with van der Waals surface area (Å²) in [5, 5.41) is 3.14. The maximum atomic E-state index is 13.4. The number of benzene rings is 1. The van der Waals surface area contributed by atoms with Crippen molar-refractivity contribution in [2.75, 3.05) is 5.32 Å². The summed E-state index contributed by atoms with van der Waals surface area (Å²) in [6.07, 6.45) is 0.779. The summed E-state index contributed by atoms with van der Waals surface area (Å²) in [4.78, 5) is 19.9.